The third-order valence-electron chi connectivity index (χ3n) is 7.14. The second-order valence-corrected chi connectivity index (χ2v) is 14.8. The van der Waals surface area contributed by atoms with Gasteiger partial charge >= 0.3 is 13.3 Å². The summed E-state index contributed by atoms with van der Waals surface area (Å²) < 4.78 is 17.0. The van der Waals surface area contributed by atoms with Crippen molar-refractivity contribution in [2.45, 2.75) is 142 Å². The maximum atomic E-state index is 12.0. The first-order valence-corrected chi connectivity index (χ1v) is 18.3. The van der Waals surface area contributed by atoms with E-state index < -0.39 is 19.4 Å². The summed E-state index contributed by atoms with van der Waals surface area (Å²) in [6.45, 7) is 12.8. The minimum atomic E-state index is -4.49. The molecule has 1 aromatic rings. The van der Waals surface area contributed by atoms with Crippen molar-refractivity contribution in [2.24, 2.45) is 0 Å². The topological polar surface area (TPSA) is 82.1 Å². The Bertz CT molecular complexity index is 839. The highest BCUT2D eigenvalue weighted by Crippen LogP contribution is 2.46. The summed E-state index contributed by atoms with van der Waals surface area (Å²) in [5.74, 6) is 3.11. The van der Waals surface area contributed by atoms with Crippen molar-refractivity contribution in [3.8, 4) is 0 Å². The molecule has 0 saturated carbocycles. The third-order valence-corrected chi connectivity index (χ3v) is 9.42. The molecule has 0 spiro atoms. The van der Waals surface area contributed by atoms with E-state index in [0.717, 1.165) is 19.3 Å². The fourth-order valence-corrected chi connectivity index (χ4v) is 6.50. The van der Waals surface area contributed by atoms with Gasteiger partial charge in [-0.25, -0.2) is 9.36 Å². The highest BCUT2D eigenvalue weighted by atomic mass is 32.2. The Morgan fingerprint density at radius 2 is 1.50 bits per heavy atom. The summed E-state index contributed by atoms with van der Waals surface area (Å²) >= 11 is 2.10. The maximum Gasteiger partial charge on any atom is 0.452 e. The van der Waals surface area contributed by atoms with Gasteiger partial charge in [0.05, 0.1) is 12.7 Å². The molecule has 1 rings (SSSR count). The minimum Gasteiger partial charge on any atom is -0.316 e. The largest absolute Gasteiger partial charge is 0.452 e. The van der Waals surface area contributed by atoms with Crippen LogP contribution in [0.1, 0.15) is 142 Å². The number of hydrogen-bond acceptors (Lipinski definition) is 6. The van der Waals surface area contributed by atoms with Gasteiger partial charge in [-0.3, -0.25) is 9.41 Å². The molecular formula is C32H57O6PS. The smallest absolute Gasteiger partial charge is 0.316 e. The molecule has 8 heteroatoms. The quantitative estimate of drug-likeness (QED) is 0.0579. The standard InChI is InChI=1S/C32H57O6PS/c1-7-9-14-18-28(29-19-21-30(22-20-29)32(4,5)6)23-26-40-25-16-13-11-10-12-15-17-27(3)38-39(34,35)31(33)37-36-24-8-2/h19-22,27-28H,7-18,23-26H2,1-6H3,(H,34,35). The Hall–Kier alpha value is -0.850. The van der Waals surface area contributed by atoms with E-state index in [0.29, 0.717) is 18.8 Å². The summed E-state index contributed by atoms with van der Waals surface area (Å²) in [7, 11) is -4.49. The zero-order valence-corrected chi connectivity index (χ0v) is 27.8. The molecule has 1 aromatic carbocycles. The van der Waals surface area contributed by atoms with Crippen LogP contribution >= 0.6 is 19.4 Å². The van der Waals surface area contributed by atoms with E-state index >= 15 is 0 Å². The Morgan fingerprint density at radius 1 is 0.875 bits per heavy atom. The van der Waals surface area contributed by atoms with E-state index in [1.165, 1.54) is 74.0 Å². The minimum absolute atomic E-state index is 0.173. The summed E-state index contributed by atoms with van der Waals surface area (Å²) in [6, 6.07) is 9.40. The van der Waals surface area contributed by atoms with Crippen molar-refractivity contribution in [3.05, 3.63) is 35.4 Å². The number of benzene rings is 1. The first-order chi connectivity index (χ1) is 19.0. The van der Waals surface area contributed by atoms with Gasteiger partial charge in [0.25, 0.3) is 0 Å². The Morgan fingerprint density at radius 3 is 2.12 bits per heavy atom. The van der Waals surface area contributed by atoms with Gasteiger partial charge in [0.2, 0.25) is 0 Å². The van der Waals surface area contributed by atoms with Crippen LogP contribution in [0.4, 0.5) is 4.79 Å². The van der Waals surface area contributed by atoms with Crippen LogP contribution < -0.4 is 0 Å². The van der Waals surface area contributed by atoms with Crippen LogP contribution in [0.15, 0.2) is 24.3 Å². The van der Waals surface area contributed by atoms with Crippen LogP contribution in [0, 0.1) is 0 Å². The van der Waals surface area contributed by atoms with E-state index in [4.69, 9.17) is 4.52 Å². The van der Waals surface area contributed by atoms with Crippen molar-refractivity contribution in [1.29, 1.82) is 0 Å². The van der Waals surface area contributed by atoms with E-state index in [-0.39, 0.29) is 12.0 Å². The average Bonchev–Trinajstić information content (AvgIpc) is 2.90. The summed E-state index contributed by atoms with van der Waals surface area (Å²) in [6.07, 6.45) is 14.0. The lowest BCUT2D eigenvalue weighted by Gasteiger charge is -2.22. The summed E-state index contributed by atoms with van der Waals surface area (Å²) in [5, 5.41) is 0. The number of carbonyl (C=O) groups is 1. The van der Waals surface area contributed by atoms with Crippen LogP contribution in [-0.4, -0.2) is 34.8 Å². The fraction of sp³-hybridized carbons (Fsp3) is 0.781. The van der Waals surface area contributed by atoms with E-state index in [1.807, 2.05) is 6.92 Å². The first kappa shape index (κ1) is 37.2. The molecule has 0 aromatic heterocycles. The van der Waals surface area contributed by atoms with E-state index in [9.17, 15) is 14.3 Å². The predicted octanol–water partition coefficient (Wildman–Crippen LogP) is 10.6. The van der Waals surface area contributed by atoms with Gasteiger partial charge in [-0.15, -0.1) is 0 Å². The van der Waals surface area contributed by atoms with Crippen LogP contribution in [0.3, 0.4) is 0 Å². The molecule has 3 unspecified atom stereocenters. The SMILES string of the molecule is CCCCCC(CCSCCCCCCCCC(C)OP(=O)(O)C(=O)OOCCC)c1ccc(C(C)(C)C)cc1. The number of thioether (sulfide) groups is 1. The number of hydrogen-bond donors (Lipinski definition) is 1. The highest BCUT2D eigenvalue weighted by Gasteiger charge is 2.36. The van der Waals surface area contributed by atoms with Crippen molar-refractivity contribution in [3.63, 3.8) is 0 Å². The lowest BCUT2D eigenvalue weighted by molar-refractivity contribution is -0.231. The second kappa shape index (κ2) is 20.9. The molecule has 0 aliphatic rings. The van der Waals surface area contributed by atoms with Gasteiger partial charge in [-0.1, -0.05) is 110 Å². The van der Waals surface area contributed by atoms with E-state index in [1.54, 1.807) is 6.92 Å². The number of rotatable bonds is 23. The normalized spacial score (nSPS) is 15.0. The predicted molar refractivity (Wildman–Crippen MR) is 169 cm³/mol. The van der Waals surface area contributed by atoms with Gasteiger partial charge in [0.1, 0.15) is 0 Å². The van der Waals surface area contributed by atoms with Gasteiger partial charge in [-0.2, -0.15) is 16.6 Å². The van der Waals surface area contributed by atoms with E-state index in [2.05, 4.69) is 73.5 Å². The molecule has 1 N–H and O–H groups in total. The Balaban J connectivity index is 2.18. The molecule has 3 atom stereocenters. The van der Waals surface area contributed by atoms with Gasteiger partial charge in [-0.05, 0) is 73.0 Å². The fourth-order valence-electron chi connectivity index (χ4n) is 4.61. The molecule has 0 heterocycles. The summed E-state index contributed by atoms with van der Waals surface area (Å²) in [5.41, 5.74) is 1.76. The molecule has 6 nitrogen and oxygen atoms in total. The molecule has 0 aliphatic heterocycles. The Labute approximate surface area is 249 Å². The first-order valence-electron chi connectivity index (χ1n) is 15.5. The van der Waals surface area contributed by atoms with Gasteiger partial charge in [0, 0.05) is 0 Å². The zero-order chi connectivity index (χ0) is 29.9. The molecular weight excluding hydrogens is 543 g/mol. The number of unbranched alkanes of at least 4 members (excludes halogenated alkanes) is 7. The van der Waals surface area contributed by atoms with Gasteiger partial charge < -0.3 is 4.89 Å². The Kier molecular flexibility index (Phi) is 19.5. The van der Waals surface area contributed by atoms with Crippen LogP contribution in [0.5, 0.6) is 0 Å². The molecule has 0 saturated heterocycles. The molecule has 0 amide bonds. The lowest BCUT2D eigenvalue weighted by Crippen LogP contribution is -2.13. The number of carbonyl (C=O) groups excluding carboxylic acids is 1. The molecule has 232 valence electrons. The van der Waals surface area contributed by atoms with Crippen molar-refractivity contribution >= 4 is 25.1 Å². The average molecular weight is 601 g/mol. The molecule has 0 bridgehead atoms. The molecule has 40 heavy (non-hydrogen) atoms. The highest BCUT2D eigenvalue weighted by molar-refractivity contribution is 7.99. The van der Waals surface area contributed by atoms with Crippen LogP contribution in [-0.2, 0) is 24.3 Å². The monoisotopic (exact) mass is 600 g/mol. The zero-order valence-electron chi connectivity index (χ0n) is 26.1. The second-order valence-electron chi connectivity index (χ2n) is 12.0. The molecule has 0 fully saturated rings. The van der Waals surface area contributed by atoms with Crippen molar-refractivity contribution < 1.29 is 28.6 Å². The van der Waals surface area contributed by atoms with Crippen molar-refractivity contribution in [1.82, 2.24) is 0 Å². The molecule has 0 aliphatic carbocycles. The van der Waals surface area contributed by atoms with Crippen LogP contribution in [0.2, 0.25) is 0 Å². The third kappa shape index (κ3) is 16.6. The van der Waals surface area contributed by atoms with Crippen molar-refractivity contribution in [2.75, 3.05) is 18.1 Å². The molecule has 0 radical (unpaired) electrons. The van der Waals surface area contributed by atoms with Gasteiger partial charge in [0.15, 0.2) is 0 Å². The maximum absolute atomic E-state index is 12.0. The lowest BCUT2D eigenvalue weighted by atomic mass is 9.84. The van der Waals surface area contributed by atoms with Crippen LogP contribution in [0.25, 0.3) is 0 Å². The summed E-state index contributed by atoms with van der Waals surface area (Å²) in [4.78, 5) is 30.3.